The molecule has 2 atom stereocenters. The normalized spacial score (nSPS) is 16.8. The van der Waals surface area contributed by atoms with Crippen molar-refractivity contribution in [1.29, 1.82) is 0 Å². The topological polar surface area (TPSA) is 6.48 Å². The van der Waals surface area contributed by atoms with E-state index in [0.29, 0.717) is 0 Å². The highest BCUT2D eigenvalue weighted by Gasteiger charge is 2.37. The predicted octanol–water partition coefficient (Wildman–Crippen LogP) is 9.10. The van der Waals surface area contributed by atoms with Crippen LogP contribution in [0.4, 0.5) is 22.7 Å². The molecule has 0 fully saturated rings. The number of nitrogens with zero attached hydrogens (tertiary/aromatic N) is 2. The van der Waals surface area contributed by atoms with E-state index in [9.17, 15) is 0 Å². The molecule has 2 nitrogen and oxygen atoms in total. The first-order valence-electron chi connectivity index (χ1n) is 15.3. The lowest BCUT2D eigenvalue weighted by Crippen LogP contribution is -2.47. The Hall–Kier alpha value is -5.60. The van der Waals surface area contributed by atoms with Crippen molar-refractivity contribution in [1.82, 2.24) is 0 Å². The molecule has 0 spiro atoms. The summed E-state index contributed by atoms with van der Waals surface area (Å²) in [5, 5.41) is 5.04. The van der Waals surface area contributed by atoms with Crippen LogP contribution < -0.4 is 20.2 Å². The fourth-order valence-corrected chi connectivity index (χ4v) is 6.93. The largest absolute Gasteiger partial charge is 0.313 e. The zero-order valence-corrected chi connectivity index (χ0v) is 24.4. The Morgan fingerprint density at radius 2 is 0.773 bits per heavy atom. The van der Waals surface area contributed by atoms with E-state index in [4.69, 9.17) is 0 Å². The molecule has 210 valence electrons. The van der Waals surface area contributed by atoms with E-state index in [-0.39, 0.29) is 11.8 Å². The van der Waals surface area contributed by atoms with Gasteiger partial charge in [0.25, 0.3) is 0 Å². The summed E-state index contributed by atoms with van der Waals surface area (Å²) < 4.78 is 0. The van der Waals surface area contributed by atoms with E-state index < -0.39 is 0 Å². The number of benzene rings is 6. The molecule has 0 radical (unpaired) electrons. The van der Waals surface area contributed by atoms with Gasteiger partial charge < -0.3 is 9.80 Å². The maximum absolute atomic E-state index is 2.48. The summed E-state index contributed by atoms with van der Waals surface area (Å²) in [4.78, 5) is 4.96. The Labute approximate surface area is 258 Å². The van der Waals surface area contributed by atoms with Crippen LogP contribution in [0.2, 0.25) is 0 Å². The fourth-order valence-electron chi connectivity index (χ4n) is 6.93. The Morgan fingerprint density at radius 1 is 0.364 bits per heavy atom. The monoisotopic (exact) mass is 564 g/mol. The maximum atomic E-state index is 2.48. The Bertz CT molecular complexity index is 2040. The second-order valence-electron chi connectivity index (χ2n) is 11.3. The minimum absolute atomic E-state index is 0.101. The Morgan fingerprint density at radius 3 is 1.27 bits per heavy atom. The molecular formula is C42H32N2. The first-order chi connectivity index (χ1) is 21.9. The van der Waals surface area contributed by atoms with Gasteiger partial charge in [-0.2, -0.15) is 0 Å². The molecule has 0 bridgehead atoms. The minimum Gasteiger partial charge on any atom is -0.313 e. The van der Waals surface area contributed by atoms with Gasteiger partial charge in [0.15, 0.2) is 0 Å². The van der Waals surface area contributed by atoms with E-state index in [1.54, 1.807) is 0 Å². The fraction of sp³-hybridized carbons (Fsp3) is 0.0476. The van der Waals surface area contributed by atoms with Crippen molar-refractivity contribution in [3.05, 3.63) is 192 Å². The standard InChI is InChI=1S/C42H32N2/c1-5-18-32(19-6-1)43(33-20-7-2-8-21-33)41-37-27-15-16-28-38(37)42(40-36-26-14-13-17-31(36)29-30-39(40)41)44(34-22-9-3-10-23-34)35-24-11-4-12-25-35/h1-30,37-38H. The predicted molar refractivity (Wildman–Crippen MR) is 185 cm³/mol. The lowest BCUT2D eigenvalue weighted by molar-refractivity contribution is 0.663. The second kappa shape index (κ2) is 11.2. The highest BCUT2D eigenvalue weighted by molar-refractivity contribution is 5.94. The van der Waals surface area contributed by atoms with Gasteiger partial charge >= 0.3 is 0 Å². The second-order valence-corrected chi connectivity index (χ2v) is 11.3. The van der Waals surface area contributed by atoms with Crippen molar-refractivity contribution in [3.8, 4) is 0 Å². The molecule has 0 aliphatic heterocycles. The molecule has 0 N–H and O–H groups in total. The van der Waals surface area contributed by atoms with E-state index in [1.165, 1.54) is 32.6 Å². The van der Waals surface area contributed by atoms with Gasteiger partial charge in [-0.25, -0.2) is 0 Å². The third-order valence-electron chi connectivity index (χ3n) is 8.77. The number of hydrogen-bond acceptors (Lipinski definition) is 2. The molecule has 8 rings (SSSR count). The van der Waals surface area contributed by atoms with Crippen LogP contribution in [-0.2, 0) is 0 Å². The number of anilines is 4. The van der Waals surface area contributed by atoms with E-state index >= 15 is 0 Å². The zero-order chi connectivity index (χ0) is 29.3. The molecule has 0 heterocycles. The highest BCUT2D eigenvalue weighted by atomic mass is 15.2. The van der Waals surface area contributed by atoms with E-state index in [1.807, 2.05) is 0 Å². The average molecular weight is 565 g/mol. The van der Waals surface area contributed by atoms with Gasteiger partial charge in [0.05, 0.1) is 0 Å². The Balaban J connectivity index is 1.58. The summed E-state index contributed by atoms with van der Waals surface area (Å²) in [6.45, 7) is 0. The van der Waals surface area contributed by atoms with Crippen LogP contribution >= 0.6 is 0 Å². The minimum atomic E-state index is 0.101. The van der Waals surface area contributed by atoms with Crippen molar-refractivity contribution in [2.45, 2.75) is 0 Å². The first kappa shape index (κ1) is 26.1. The van der Waals surface area contributed by atoms with Gasteiger partial charge in [0.2, 0.25) is 0 Å². The lowest BCUT2D eigenvalue weighted by Gasteiger charge is -2.42. The number of rotatable bonds is 6. The van der Waals surface area contributed by atoms with Gasteiger partial charge in [-0.05, 0) is 59.3 Å². The molecule has 2 aliphatic rings. The maximum Gasteiger partial charge on any atom is 0.0458 e. The number of allylic oxidation sites excluding steroid dienone is 2. The summed E-state index contributed by atoms with van der Waals surface area (Å²) in [5.74, 6) is 0.211. The molecule has 0 saturated heterocycles. The average Bonchev–Trinajstić information content (AvgIpc) is 3.11. The van der Waals surface area contributed by atoms with Crippen molar-refractivity contribution < 1.29 is 0 Å². The summed E-state index contributed by atoms with van der Waals surface area (Å²) >= 11 is 0. The van der Waals surface area contributed by atoms with E-state index in [2.05, 4.69) is 192 Å². The Kier molecular flexibility index (Phi) is 6.66. The molecule has 2 unspecified atom stereocenters. The van der Waals surface area contributed by atoms with Crippen molar-refractivity contribution in [3.63, 3.8) is 0 Å². The summed E-state index contributed by atoms with van der Waals surface area (Å²) in [6, 6.07) is 56.7. The molecule has 6 aromatic carbocycles. The molecule has 0 amide bonds. The third kappa shape index (κ3) is 4.44. The molecule has 2 heteroatoms. The van der Waals surface area contributed by atoms with Crippen LogP contribution in [0.15, 0.2) is 182 Å². The van der Waals surface area contributed by atoms with Crippen LogP contribution in [-0.4, -0.2) is 0 Å². The quantitative estimate of drug-likeness (QED) is 0.199. The van der Waals surface area contributed by atoms with Crippen LogP contribution in [0.3, 0.4) is 0 Å². The molecular weight excluding hydrogens is 532 g/mol. The molecule has 2 aliphatic carbocycles. The lowest BCUT2D eigenvalue weighted by atomic mass is 9.76. The molecule has 44 heavy (non-hydrogen) atoms. The van der Waals surface area contributed by atoms with Gasteiger partial charge in [-0.1, -0.05) is 133 Å². The summed E-state index contributed by atoms with van der Waals surface area (Å²) in [6.07, 6.45) is 9.23. The zero-order valence-electron chi connectivity index (χ0n) is 24.4. The van der Waals surface area contributed by atoms with Crippen LogP contribution in [0.5, 0.6) is 0 Å². The van der Waals surface area contributed by atoms with Crippen molar-refractivity contribution >= 4 is 44.9 Å². The van der Waals surface area contributed by atoms with Gasteiger partial charge in [-0.3, -0.25) is 0 Å². The van der Waals surface area contributed by atoms with Crippen molar-refractivity contribution in [2.24, 2.45) is 11.8 Å². The number of para-hydroxylation sites is 4. The summed E-state index contributed by atoms with van der Waals surface area (Å²) in [7, 11) is 0. The van der Waals surface area contributed by atoms with Crippen LogP contribution in [0, 0.1) is 11.8 Å². The van der Waals surface area contributed by atoms with Crippen molar-refractivity contribution in [2.75, 3.05) is 9.80 Å². The number of hydrogen-bond donors (Lipinski definition) is 0. The van der Waals surface area contributed by atoms with Gasteiger partial charge in [-0.15, -0.1) is 0 Å². The smallest absolute Gasteiger partial charge is 0.0458 e. The van der Waals surface area contributed by atoms with E-state index in [0.717, 1.165) is 22.7 Å². The molecule has 0 saturated carbocycles. The number of fused-ring (bicyclic) bond motifs is 4. The highest BCUT2D eigenvalue weighted by Crippen LogP contribution is 2.45. The van der Waals surface area contributed by atoms with Gasteiger partial charge in [0, 0.05) is 56.4 Å². The van der Waals surface area contributed by atoms with Gasteiger partial charge in [0.1, 0.15) is 0 Å². The summed E-state index contributed by atoms with van der Waals surface area (Å²) in [5.41, 5.74) is 7.20. The van der Waals surface area contributed by atoms with Crippen LogP contribution in [0.25, 0.3) is 22.2 Å². The molecule has 0 aromatic heterocycles. The third-order valence-corrected chi connectivity index (χ3v) is 8.77. The van der Waals surface area contributed by atoms with Crippen LogP contribution in [0.1, 0.15) is 0 Å². The first-order valence-corrected chi connectivity index (χ1v) is 15.3. The molecule has 6 aromatic rings. The SMILES string of the molecule is C1=CC2C(N(c3ccccc3)c3ccccc3)=c3ccc4ccccc4c3=C(N(c3ccccc3)c3ccccc3)C2C=C1.